The average molecular weight is 241 g/mol. The molecule has 3 nitrogen and oxygen atoms in total. The van der Waals surface area contributed by atoms with Gasteiger partial charge in [-0.15, -0.1) is 0 Å². The molecule has 0 spiro atoms. The van der Waals surface area contributed by atoms with E-state index in [9.17, 15) is 8.78 Å². The first kappa shape index (κ1) is 12.1. The highest BCUT2D eigenvalue weighted by atomic mass is 19.1. The van der Waals surface area contributed by atoms with Crippen LogP contribution in [0.5, 0.6) is 0 Å². The molecule has 2 rings (SSSR count). The Morgan fingerprint density at radius 2 is 1.94 bits per heavy atom. The van der Waals surface area contributed by atoms with Crippen LogP contribution >= 0.6 is 0 Å². The predicted octanol–water partition coefficient (Wildman–Crippen LogP) is 2.78. The summed E-state index contributed by atoms with van der Waals surface area (Å²) in [7, 11) is 0. The molecule has 5 heteroatoms. The van der Waals surface area contributed by atoms with E-state index in [0.717, 1.165) is 32.0 Å². The van der Waals surface area contributed by atoms with Gasteiger partial charge in [-0.3, -0.25) is 0 Å². The summed E-state index contributed by atoms with van der Waals surface area (Å²) < 4.78 is 27.1. The largest absolute Gasteiger partial charge is 0.368 e. The van der Waals surface area contributed by atoms with E-state index in [1.54, 1.807) is 0 Å². The molecule has 0 bridgehead atoms. The highest BCUT2D eigenvalue weighted by Crippen LogP contribution is 2.24. The minimum atomic E-state index is -0.634. The predicted molar refractivity (Wildman–Crippen MR) is 64.4 cm³/mol. The van der Waals surface area contributed by atoms with Gasteiger partial charge in [-0.2, -0.15) is 0 Å². The van der Waals surface area contributed by atoms with Crippen molar-refractivity contribution in [2.45, 2.75) is 26.2 Å². The summed E-state index contributed by atoms with van der Waals surface area (Å²) in [5.41, 5.74) is 0. The van der Waals surface area contributed by atoms with E-state index in [4.69, 9.17) is 0 Å². The van der Waals surface area contributed by atoms with Gasteiger partial charge in [0.15, 0.2) is 23.3 Å². The molecule has 0 aliphatic carbocycles. The van der Waals surface area contributed by atoms with Crippen molar-refractivity contribution >= 4 is 11.6 Å². The number of aromatic nitrogens is 1. The van der Waals surface area contributed by atoms with Gasteiger partial charge in [-0.05, 0) is 26.2 Å². The molecular weight excluding hydrogens is 224 g/mol. The fourth-order valence-electron chi connectivity index (χ4n) is 2.08. The molecular formula is C12H17F2N3. The maximum Gasteiger partial charge on any atom is 0.168 e. The maximum absolute atomic E-state index is 13.7. The first-order valence-electron chi connectivity index (χ1n) is 6.07. The summed E-state index contributed by atoms with van der Waals surface area (Å²) in [5.74, 6) is -0.812. The van der Waals surface area contributed by atoms with Crippen molar-refractivity contribution in [3.05, 3.63) is 17.7 Å². The van der Waals surface area contributed by atoms with E-state index in [1.807, 2.05) is 11.8 Å². The van der Waals surface area contributed by atoms with Gasteiger partial charge in [-0.25, -0.2) is 13.8 Å². The monoisotopic (exact) mass is 241 g/mol. The van der Waals surface area contributed by atoms with Gasteiger partial charge >= 0.3 is 0 Å². The lowest BCUT2D eigenvalue weighted by molar-refractivity contribution is 0.538. The van der Waals surface area contributed by atoms with Crippen molar-refractivity contribution in [1.29, 1.82) is 0 Å². The van der Waals surface area contributed by atoms with Crippen LogP contribution in [0, 0.1) is 11.6 Å². The molecule has 2 heterocycles. The second-order valence-electron chi connectivity index (χ2n) is 4.20. The van der Waals surface area contributed by atoms with Gasteiger partial charge in [0.25, 0.3) is 0 Å². The molecule has 94 valence electrons. The molecule has 1 N–H and O–H groups in total. The lowest BCUT2D eigenvalue weighted by atomic mass is 10.1. The SMILES string of the molecule is CCNc1nc(N2CCCCC2)c(F)cc1F. The van der Waals surface area contributed by atoms with E-state index in [2.05, 4.69) is 10.3 Å². The second kappa shape index (κ2) is 5.29. The van der Waals surface area contributed by atoms with Crippen molar-refractivity contribution in [1.82, 2.24) is 4.98 Å². The van der Waals surface area contributed by atoms with Gasteiger partial charge in [0.2, 0.25) is 0 Å². The summed E-state index contributed by atoms with van der Waals surface area (Å²) in [4.78, 5) is 5.94. The number of halogens is 2. The minimum Gasteiger partial charge on any atom is -0.368 e. The van der Waals surface area contributed by atoms with Crippen molar-refractivity contribution in [3.63, 3.8) is 0 Å². The van der Waals surface area contributed by atoms with Crippen molar-refractivity contribution in [2.75, 3.05) is 29.9 Å². The average Bonchev–Trinajstić information content (AvgIpc) is 2.34. The molecule has 1 saturated heterocycles. The Hall–Kier alpha value is -1.39. The Morgan fingerprint density at radius 1 is 1.24 bits per heavy atom. The lowest BCUT2D eigenvalue weighted by Crippen LogP contribution is -2.31. The number of nitrogens with zero attached hydrogens (tertiary/aromatic N) is 2. The van der Waals surface area contributed by atoms with Crippen LogP contribution in [-0.4, -0.2) is 24.6 Å². The third-order valence-corrected chi connectivity index (χ3v) is 2.91. The fourth-order valence-corrected chi connectivity index (χ4v) is 2.08. The molecule has 17 heavy (non-hydrogen) atoms. The van der Waals surface area contributed by atoms with Gasteiger partial charge in [0, 0.05) is 25.7 Å². The first-order chi connectivity index (χ1) is 8.22. The highest BCUT2D eigenvalue weighted by molar-refractivity contribution is 5.49. The van der Waals surface area contributed by atoms with E-state index in [-0.39, 0.29) is 11.6 Å². The fraction of sp³-hybridized carbons (Fsp3) is 0.583. The van der Waals surface area contributed by atoms with Gasteiger partial charge in [0.1, 0.15) is 0 Å². The molecule has 0 radical (unpaired) electrons. The van der Waals surface area contributed by atoms with Gasteiger partial charge in [0.05, 0.1) is 0 Å². The number of pyridine rings is 1. The van der Waals surface area contributed by atoms with E-state index in [1.165, 1.54) is 6.42 Å². The molecule has 0 amide bonds. The number of piperidine rings is 1. The second-order valence-corrected chi connectivity index (χ2v) is 4.20. The lowest BCUT2D eigenvalue weighted by Gasteiger charge is -2.28. The van der Waals surface area contributed by atoms with E-state index in [0.29, 0.717) is 6.54 Å². The quantitative estimate of drug-likeness (QED) is 0.882. The third-order valence-electron chi connectivity index (χ3n) is 2.91. The zero-order chi connectivity index (χ0) is 12.3. The summed E-state index contributed by atoms with van der Waals surface area (Å²) in [6.07, 6.45) is 3.24. The van der Waals surface area contributed by atoms with Crippen molar-refractivity contribution in [3.8, 4) is 0 Å². The van der Waals surface area contributed by atoms with Crippen LogP contribution in [0.2, 0.25) is 0 Å². The smallest absolute Gasteiger partial charge is 0.168 e. The Labute approximate surface area is 99.8 Å². The van der Waals surface area contributed by atoms with Gasteiger partial charge < -0.3 is 10.2 Å². The maximum atomic E-state index is 13.7. The molecule has 1 aliphatic heterocycles. The van der Waals surface area contributed by atoms with Crippen LogP contribution in [0.4, 0.5) is 20.4 Å². The Balaban J connectivity index is 2.28. The highest BCUT2D eigenvalue weighted by Gasteiger charge is 2.19. The van der Waals surface area contributed by atoms with Gasteiger partial charge in [-0.1, -0.05) is 0 Å². The number of hydrogen-bond donors (Lipinski definition) is 1. The topological polar surface area (TPSA) is 28.2 Å². The van der Waals surface area contributed by atoms with Crippen molar-refractivity contribution in [2.24, 2.45) is 0 Å². The van der Waals surface area contributed by atoms with E-state index >= 15 is 0 Å². The van der Waals surface area contributed by atoms with Crippen LogP contribution in [0.3, 0.4) is 0 Å². The van der Waals surface area contributed by atoms with Crippen LogP contribution in [-0.2, 0) is 0 Å². The molecule has 1 aromatic heterocycles. The number of nitrogens with one attached hydrogen (secondary N) is 1. The zero-order valence-electron chi connectivity index (χ0n) is 9.97. The summed E-state index contributed by atoms with van der Waals surface area (Å²) in [6.45, 7) is 4.00. The summed E-state index contributed by atoms with van der Waals surface area (Å²) in [6, 6.07) is 0.912. The molecule has 0 aromatic carbocycles. The van der Waals surface area contributed by atoms with Crippen LogP contribution in [0.1, 0.15) is 26.2 Å². The zero-order valence-corrected chi connectivity index (χ0v) is 9.97. The van der Waals surface area contributed by atoms with Crippen molar-refractivity contribution < 1.29 is 8.78 Å². The Bertz CT molecular complexity index is 390. The molecule has 0 unspecified atom stereocenters. The first-order valence-corrected chi connectivity index (χ1v) is 6.07. The molecule has 1 fully saturated rings. The number of rotatable bonds is 3. The normalized spacial score (nSPS) is 16.1. The van der Waals surface area contributed by atoms with Crippen LogP contribution in [0.15, 0.2) is 6.07 Å². The molecule has 1 aromatic rings. The number of anilines is 2. The van der Waals surface area contributed by atoms with Crippen LogP contribution < -0.4 is 10.2 Å². The Kier molecular flexibility index (Phi) is 3.76. The Morgan fingerprint density at radius 3 is 2.59 bits per heavy atom. The summed E-state index contributed by atoms with van der Waals surface area (Å²) in [5, 5.41) is 2.80. The third kappa shape index (κ3) is 2.65. The van der Waals surface area contributed by atoms with E-state index < -0.39 is 11.6 Å². The molecule has 1 aliphatic rings. The molecule has 0 atom stereocenters. The summed E-state index contributed by atoms with van der Waals surface area (Å²) >= 11 is 0. The van der Waals surface area contributed by atoms with Crippen LogP contribution in [0.25, 0.3) is 0 Å². The standard InChI is InChI=1S/C12H17F2N3/c1-2-15-11-9(13)8-10(14)12(16-11)17-6-4-3-5-7-17/h8H,2-7H2,1H3,(H,15,16). The number of hydrogen-bond acceptors (Lipinski definition) is 3. The molecule has 0 saturated carbocycles. The minimum absolute atomic E-state index is 0.134.